The summed E-state index contributed by atoms with van der Waals surface area (Å²) in [6, 6.07) is 16.3. The molecule has 0 aromatic heterocycles. The molecule has 110 valence electrons. The van der Waals surface area contributed by atoms with Gasteiger partial charge in [-0.15, -0.1) is 11.8 Å². The van der Waals surface area contributed by atoms with Gasteiger partial charge in [0.1, 0.15) is 0 Å². The summed E-state index contributed by atoms with van der Waals surface area (Å²) in [7, 11) is 0. The van der Waals surface area contributed by atoms with Gasteiger partial charge in [0, 0.05) is 15.1 Å². The molecule has 0 aliphatic heterocycles. The Balaban J connectivity index is 1.98. The molecule has 0 radical (unpaired) electrons. The van der Waals surface area contributed by atoms with Gasteiger partial charge in [-0.2, -0.15) is 0 Å². The molecule has 0 fully saturated rings. The lowest BCUT2D eigenvalue weighted by Gasteiger charge is -2.10. The maximum Gasteiger partial charge on any atom is 0.241 e. The van der Waals surface area contributed by atoms with E-state index in [1.165, 1.54) is 10.5 Å². The minimum absolute atomic E-state index is 0.175. The van der Waals surface area contributed by atoms with Crippen LogP contribution in [0.3, 0.4) is 0 Å². The normalized spacial score (nSPS) is 12.0. The van der Waals surface area contributed by atoms with Gasteiger partial charge in [-0.3, -0.25) is 10.2 Å². The van der Waals surface area contributed by atoms with E-state index in [0.717, 1.165) is 15.8 Å². The molecule has 5 heteroatoms. The highest BCUT2D eigenvalue weighted by Crippen LogP contribution is 2.26. The Morgan fingerprint density at radius 1 is 1.29 bits per heavy atom. The predicted molar refractivity (Wildman–Crippen MR) is 90.9 cm³/mol. The van der Waals surface area contributed by atoms with Gasteiger partial charge in [-0.25, -0.2) is 5.84 Å². The maximum atomic E-state index is 11.5. The Kier molecular flexibility index (Phi) is 5.85. The topological polar surface area (TPSA) is 55.1 Å². The fraction of sp³-hybridized carbons (Fsp3) is 0.188. The molecule has 0 spiro atoms. The SMILES string of the molecule is CC(C(=O)NN)c1ccc(CSc2cccc(Br)c2)cc1. The highest BCUT2D eigenvalue weighted by molar-refractivity contribution is 9.10. The molecule has 1 atom stereocenters. The number of carbonyl (C=O) groups is 1. The van der Waals surface area contributed by atoms with Crippen LogP contribution in [0.25, 0.3) is 0 Å². The van der Waals surface area contributed by atoms with Crippen molar-refractivity contribution < 1.29 is 4.79 Å². The number of amides is 1. The number of halogens is 1. The average Bonchev–Trinajstić information content (AvgIpc) is 2.52. The van der Waals surface area contributed by atoms with Crippen molar-refractivity contribution in [1.82, 2.24) is 5.43 Å². The molecule has 3 nitrogen and oxygen atoms in total. The molecule has 1 amide bonds. The first-order valence-corrected chi connectivity index (χ1v) is 8.35. The number of hydrogen-bond donors (Lipinski definition) is 2. The summed E-state index contributed by atoms with van der Waals surface area (Å²) < 4.78 is 1.09. The second-order valence-electron chi connectivity index (χ2n) is 4.72. The second-order valence-corrected chi connectivity index (χ2v) is 6.68. The molecule has 0 aliphatic rings. The minimum atomic E-state index is -0.234. The zero-order valence-corrected chi connectivity index (χ0v) is 14.1. The Bertz CT molecular complexity index is 616. The van der Waals surface area contributed by atoms with Gasteiger partial charge in [0.05, 0.1) is 5.92 Å². The molecule has 0 bridgehead atoms. The third-order valence-corrected chi connectivity index (χ3v) is 4.78. The molecule has 21 heavy (non-hydrogen) atoms. The molecule has 2 aromatic carbocycles. The lowest BCUT2D eigenvalue weighted by atomic mass is 9.99. The van der Waals surface area contributed by atoms with Crippen molar-refractivity contribution in [2.75, 3.05) is 0 Å². The lowest BCUT2D eigenvalue weighted by molar-refractivity contribution is -0.122. The van der Waals surface area contributed by atoms with Crippen molar-refractivity contribution in [2.24, 2.45) is 5.84 Å². The molecule has 1 unspecified atom stereocenters. The first-order valence-electron chi connectivity index (χ1n) is 6.58. The summed E-state index contributed by atoms with van der Waals surface area (Å²) in [5, 5.41) is 0. The van der Waals surface area contributed by atoms with Crippen LogP contribution in [-0.4, -0.2) is 5.91 Å². The minimum Gasteiger partial charge on any atom is -0.294 e. The largest absolute Gasteiger partial charge is 0.294 e. The molecule has 0 saturated carbocycles. The van der Waals surface area contributed by atoms with Gasteiger partial charge in [-0.05, 0) is 36.2 Å². The number of benzene rings is 2. The fourth-order valence-corrected chi connectivity index (χ4v) is 3.36. The van der Waals surface area contributed by atoms with E-state index in [4.69, 9.17) is 5.84 Å². The third kappa shape index (κ3) is 4.59. The van der Waals surface area contributed by atoms with E-state index in [1.807, 2.05) is 31.2 Å². The van der Waals surface area contributed by atoms with Gasteiger partial charge >= 0.3 is 0 Å². The molecule has 3 N–H and O–H groups in total. The van der Waals surface area contributed by atoms with Crippen LogP contribution >= 0.6 is 27.7 Å². The first kappa shape index (κ1) is 16.1. The second kappa shape index (κ2) is 7.64. The quantitative estimate of drug-likeness (QED) is 0.366. The number of nitrogens with one attached hydrogen (secondary N) is 1. The van der Waals surface area contributed by atoms with Gasteiger partial charge < -0.3 is 0 Å². The number of rotatable bonds is 5. The van der Waals surface area contributed by atoms with E-state index in [-0.39, 0.29) is 11.8 Å². The zero-order chi connectivity index (χ0) is 15.2. The van der Waals surface area contributed by atoms with Crippen molar-refractivity contribution in [3.63, 3.8) is 0 Å². The molecule has 0 saturated heterocycles. The number of carbonyl (C=O) groups excluding carboxylic acids is 1. The van der Waals surface area contributed by atoms with Crippen LogP contribution in [0.15, 0.2) is 57.9 Å². The van der Waals surface area contributed by atoms with Crippen LogP contribution in [0.5, 0.6) is 0 Å². The van der Waals surface area contributed by atoms with Crippen LogP contribution < -0.4 is 11.3 Å². The van der Waals surface area contributed by atoms with Gasteiger partial charge in [0.25, 0.3) is 0 Å². The third-order valence-electron chi connectivity index (χ3n) is 3.22. The number of hydrazine groups is 1. The predicted octanol–water partition coefficient (Wildman–Crippen LogP) is 3.83. The van der Waals surface area contributed by atoms with Gasteiger partial charge in [0.15, 0.2) is 0 Å². The van der Waals surface area contributed by atoms with Crippen LogP contribution in [0.2, 0.25) is 0 Å². The smallest absolute Gasteiger partial charge is 0.241 e. The summed E-state index contributed by atoms with van der Waals surface area (Å²) in [5.41, 5.74) is 4.38. The standard InChI is InChI=1S/C16H17BrN2OS/c1-11(16(20)19-18)13-7-5-12(6-8-13)10-21-15-4-2-3-14(17)9-15/h2-9,11H,10,18H2,1H3,(H,19,20). The maximum absolute atomic E-state index is 11.5. The average molecular weight is 365 g/mol. The first-order chi connectivity index (χ1) is 10.1. The molecular weight excluding hydrogens is 348 g/mol. The number of hydrogen-bond acceptors (Lipinski definition) is 3. The van der Waals surface area contributed by atoms with Crippen molar-refractivity contribution in [3.05, 3.63) is 64.1 Å². The van der Waals surface area contributed by atoms with E-state index < -0.39 is 0 Å². The Morgan fingerprint density at radius 3 is 2.62 bits per heavy atom. The highest BCUT2D eigenvalue weighted by Gasteiger charge is 2.13. The van der Waals surface area contributed by atoms with Crippen LogP contribution in [0.4, 0.5) is 0 Å². The van der Waals surface area contributed by atoms with Gasteiger partial charge in [0.2, 0.25) is 5.91 Å². The molecule has 2 rings (SSSR count). The molecule has 0 aliphatic carbocycles. The highest BCUT2D eigenvalue weighted by atomic mass is 79.9. The van der Waals surface area contributed by atoms with Crippen molar-refractivity contribution in [3.8, 4) is 0 Å². The summed E-state index contributed by atoms with van der Waals surface area (Å²) in [6.07, 6.45) is 0. The number of thioether (sulfide) groups is 1. The monoisotopic (exact) mass is 364 g/mol. The van der Waals surface area contributed by atoms with E-state index in [2.05, 4.69) is 45.6 Å². The van der Waals surface area contributed by atoms with E-state index in [0.29, 0.717) is 0 Å². The van der Waals surface area contributed by atoms with E-state index in [9.17, 15) is 4.79 Å². The summed E-state index contributed by atoms with van der Waals surface area (Å²) in [5.74, 6) is 5.65. The van der Waals surface area contributed by atoms with Crippen molar-refractivity contribution in [1.29, 1.82) is 0 Å². The van der Waals surface area contributed by atoms with E-state index >= 15 is 0 Å². The Labute approximate surface area is 137 Å². The summed E-state index contributed by atoms with van der Waals surface area (Å²) >= 11 is 5.26. The van der Waals surface area contributed by atoms with Crippen LogP contribution in [-0.2, 0) is 10.5 Å². The summed E-state index contributed by atoms with van der Waals surface area (Å²) in [4.78, 5) is 12.7. The lowest BCUT2D eigenvalue weighted by Crippen LogP contribution is -2.33. The van der Waals surface area contributed by atoms with Crippen LogP contribution in [0, 0.1) is 0 Å². The molecule has 2 aromatic rings. The van der Waals surface area contributed by atoms with E-state index in [1.54, 1.807) is 11.8 Å². The molecular formula is C16H17BrN2OS. The fourth-order valence-electron chi connectivity index (χ4n) is 1.90. The van der Waals surface area contributed by atoms with Crippen molar-refractivity contribution in [2.45, 2.75) is 23.5 Å². The van der Waals surface area contributed by atoms with Gasteiger partial charge in [-0.1, -0.05) is 46.3 Å². The number of nitrogens with two attached hydrogens (primary N) is 1. The van der Waals surface area contributed by atoms with Crippen LogP contribution in [0.1, 0.15) is 24.0 Å². The van der Waals surface area contributed by atoms with Crippen molar-refractivity contribution >= 4 is 33.6 Å². The summed E-state index contributed by atoms with van der Waals surface area (Å²) in [6.45, 7) is 1.84. The zero-order valence-electron chi connectivity index (χ0n) is 11.7. The Morgan fingerprint density at radius 2 is 2.00 bits per heavy atom. The molecule has 0 heterocycles. The Hall–Kier alpha value is -1.30.